The molecule has 1 heterocycles. The van der Waals surface area contributed by atoms with Crippen LogP contribution in [0.5, 0.6) is 5.75 Å². The summed E-state index contributed by atoms with van der Waals surface area (Å²) in [5, 5.41) is 7.94. The highest BCUT2D eigenvalue weighted by molar-refractivity contribution is 5.21. The van der Waals surface area contributed by atoms with Crippen LogP contribution in [-0.4, -0.2) is 29.5 Å². The summed E-state index contributed by atoms with van der Waals surface area (Å²) >= 11 is 0. The minimum absolute atomic E-state index is 0.255. The summed E-state index contributed by atoms with van der Waals surface area (Å²) in [5.74, 6) is 0.905. The van der Waals surface area contributed by atoms with Crippen LogP contribution in [0.4, 0.5) is 0 Å². The van der Waals surface area contributed by atoms with Crippen LogP contribution in [0.2, 0.25) is 0 Å². The molecule has 0 amide bonds. The number of para-hydroxylation sites is 1. The molecule has 2 unspecified atom stereocenters. The van der Waals surface area contributed by atoms with Crippen LogP contribution >= 0.6 is 0 Å². The minimum Gasteiger partial charge on any atom is -0.492 e. The highest BCUT2D eigenvalue weighted by Crippen LogP contribution is 2.12. The number of hydrogen-bond donors (Lipinski definition) is 1. The van der Waals surface area contributed by atoms with Crippen LogP contribution in [0.1, 0.15) is 32.0 Å². The fraction of sp³-hybridized carbons (Fsp3) is 0.471. The molecule has 4 nitrogen and oxygen atoms in total. The van der Waals surface area contributed by atoms with Gasteiger partial charge in [0.1, 0.15) is 12.4 Å². The zero-order valence-corrected chi connectivity index (χ0v) is 13.1. The summed E-state index contributed by atoms with van der Waals surface area (Å²) in [4.78, 5) is 0. The third-order valence-electron chi connectivity index (χ3n) is 3.76. The average Bonchev–Trinajstić information content (AvgIpc) is 3.00. The van der Waals surface area contributed by atoms with Gasteiger partial charge in [0.15, 0.2) is 0 Å². The van der Waals surface area contributed by atoms with Gasteiger partial charge in [0.05, 0.1) is 5.69 Å². The fourth-order valence-corrected chi connectivity index (χ4v) is 2.13. The third kappa shape index (κ3) is 4.60. The number of aromatic nitrogens is 2. The maximum absolute atomic E-state index is 5.81. The molecule has 4 heteroatoms. The molecule has 0 saturated carbocycles. The van der Waals surface area contributed by atoms with E-state index in [4.69, 9.17) is 4.74 Å². The molecule has 2 aromatic rings. The van der Waals surface area contributed by atoms with E-state index in [0.717, 1.165) is 24.3 Å². The molecule has 0 aliphatic rings. The van der Waals surface area contributed by atoms with Gasteiger partial charge in [-0.05, 0) is 38.6 Å². The first-order valence-corrected chi connectivity index (χ1v) is 7.62. The maximum atomic E-state index is 5.81. The van der Waals surface area contributed by atoms with Crippen molar-refractivity contribution in [3.05, 3.63) is 48.3 Å². The molecule has 0 fully saturated rings. The molecule has 0 radical (unpaired) electrons. The van der Waals surface area contributed by atoms with Crippen LogP contribution < -0.4 is 10.1 Å². The second-order valence-electron chi connectivity index (χ2n) is 5.36. The molecule has 0 spiro atoms. The molecular weight excluding hydrogens is 262 g/mol. The molecule has 0 aliphatic heterocycles. The second-order valence-corrected chi connectivity index (χ2v) is 5.36. The largest absolute Gasteiger partial charge is 0.492 e. The predicted octanol–water partition coefficient (Wildman–Crippen LogP) is 3.06. The first kappa shape index (κ1) is 15.6. The van der Waals surface area contributed by atoms with Crippen molar-refractivity contribution in [2.45, 2.75) is 38.8 Å². The molecular formula is C17H25N3O. The van der Waals surface area contributed by atoms with Crippen LogP contribution in [0.25, 0.3) is 0 Å². The van der Waals surface area contributed by atoms with Crippen molar-refractivity contribution in [2.24, 2.45) is 0 Å². The van der Waals surface area contributed by atoms with Crippen molar-refractivity contribution in [1.29, 1.82) is 0 Å². The molecule has 21 heavy (non-hydrogen) atoms. The van der Waals surface area contributed by atoms with E-state index in [0.29, 0.717) is 12.6 Å². The van der Waals surface area contributed by atoms with Gasteiger partial charge < -0.3 is 10.1 Å². The van der Waals surface area contributed by atoms with E-state index < -0.39 is 0 Å². The Bertz CT molecular complexity index is 524. The smallest absolute Gasteiger partial charge is 0.119 e. The van der Waals surface area contributed by atoms with Crippen LogP contribution in [-0.2, 0) is 6.42 Å². The van der Waals surface area contributed by atoms with Crippen LogP contribution in [0.3, 0.4) is 0 Å². The second kappa shape index (κ2) is 7.84. The molecule has 1 aromatic heterocycles. The summed E-state index contributed by atoms with van der Waals surface area (Å²) < 4.78 is 7.85. The Balaban J connectivity index is 1.88. The number of likely N-dealkylation sites (N-methyl/N-ethyl adjacent to an activating group) is 1. The van der Waals surface area contributed by atoms with Crippen LogP contribution in [0, 0.1) is 0 Å². The Morgan fingerprint density at radius 1 is 1.24 bits per heavy atom. The number of hydrogen-bond acceptors (Lipinski definition) is 3. The molecule has 0 aliphatic carbocycles. The van der Waals surface area contributed by atoms with Crippen molar-refractivity contribution in [1.82, 2.24) is 15.1 Å². The molecule has 114 valence electrons. The molecule has 1 N–H and O–H groups in total. The van der Waals surface area contributed by atoms with E-state index in [9.17, 15) is 0 Å². The van der Waals surface area contributed by atoms with Crippen molar-refractivity contribution in [2.75, 3.05) is 13.7 Å². The number of benzene rings is 1. The van der Waals surface area contributed by atoms with Gasteiger partial charge in [-0.15, -0.1) is 0 Å². The number of nitrogens with one attached hydrogen (secondary N) is 1. The zero-order valence-electron chi connectivity index (χ0n) is 13.1. The lowest BCUT2D eigenvalue weighted by Gasteiger charge is -2.16. The molecule has 2 rings (SSSR count). The van der Waals surface area contributed by atoms with Crippen molar-refractivity contribution < 1.29 is 4.74 Å². The first-order valence-electron chi connectivity index (χ1n) is 7.62. The highest BCUT2D eigenvalue weighted by atomic mass is 16.5. The van der Waals surface area contributed by atoms with Gasteiger partial charge in [0.25, 0.3) is 0 Å². The van der Waals surface area contributed by atoms with Gasteiger partial charge >= 0.3 is 0 Å². The summed E-state index contributed by atoms with van der Waals surface area (Å²) in [6, 6.07) is 12.7. The average molecular weight is 287 g/mol. The van der Waals surface area contributed by atoms with Gasteiger partial charge in [-0.25, -0.2) is 0 Å². The summed E-state index contributed by atoms with van der Waals surface area (Å²) in [5.41, 5.74) is 1.10. The maximum Gasteiger partial charge on any atom is 0.119 e. The van der Waals surface area contributed by atoms with Crippen molar-refractivity contribution in [3.8, 4) is 5.75 Å². The lowest BCUT2D eigenvalue weighted by molar-refractivity contribution is 0.268. The topological polar surface area (TPSA) is 39.1 Å². The minimum atomic E-state index is 0.255. The van der Waals surface area contributed by atoms with E-state index in [1.165, 1.54) is 0 Å². The van der Waals surface area contributed by atoms with Gasteiger partial charge in [-0.2, -0.15) is 5.10 Å². The first-order chi connectivity index (χ1) is 10.2. The summed E-state index contributed by atoms with van der Waals surface area (Å²) in [6.45, 7) is 5.00. The van der Waals surface area contributed by atoms with Gasteiger partial charge in [0, 0.05) is 24.7 Å². The van der Waals surface area contributed by atoms with E-state index in [2.05, 4.69) is 36.5 Å². The van der Waals surface area contributed by atoms with E-state index in [-0.39, 0.29) is 6.04 Å². The Morgan fingerprint density at radius 3 is 2.67 bits per heavy atom. The van der Waals surface area contributed by atoms with Crippen molar-refractivity contribution in [3.63, 3.8) is 0 Å². The van der Waals surface area contributed by atoms with Crippen LogP contribution in [0.15, 0.2) is 42.6 Å². The quantitative estimate of drug-likeness (QED) is 0.811. The Morgan fingerprint density at radius 2 is 2.00 bits per heavy atom. The molecule has 0 bridgehead atoms. The summed E-state index contributed by atoms with van der Waals surface area (Å²) in [7, 11) is 1.96. The van der Waals surface area contributed by atoms with Crippen molar-refractivity contribution >= 4 is 0 Å². The summed E-state index contributed by atoms with van der Waals surface area (Å²) in [6.07, 6.45) is 4.02. The number of nitrogens with zero attached hydrogens (tertiary/aromatic N) is 2. The molecule has 2 atom stereocenters. The SMILES string of the molecule is CCC(C)n1ccc(CC(COc2ccccc2)NC)n1. The standard InChI is InChI=1S/C17H25N3O/c1-4-14(2)20-11-10-15(19-20)12-16(18-3)13-21-17-8-6-5-7-9-17/h5-11,14,16,18H,4,12-13H2,1-3H3. The Kier molecular flexibility index (Phi) is 5.81. The van der Waals surface area contributed by atoms with Gasteiger partial charge in [-0.1, -0.05) is 25.1 Å². The number of ether oxygens (including phenoxy) is 1. The van der Waals surface area contributed by atoms with E-state index >= 15 is 0 Å². The fourth-order valence-electron chi connectivity index (χ4n) is 2.13. The van der Waals surface area contributed by atoms with E-state index in [1.54, 1.807) is 0 Å². The predicted molar refractivity (Wildman–Crippen MR) is 85.7 cm³/mol. The lowest BCUT2D eigenvalue weighted by atomic mass is 10.2. The van der Waals surface area contributed by atoms with Gasteiger partial charge in [-0.3, -0.25) is 4.68 Å². The van der Waals surface area contributed by atoms with Gasteiger partial charge in [0.2, 0.25) is 0 Å². The monoisotopic (exact) mass is 287 g/mol. The normalized spacial score (nSPS) is 13.9. The molecule has 1 aromatic carbocycles. The van der Waals surface area contributed by atoms with E-state index in [1.807, 2.05) is 42.1 Å². The zero-order chi connectivity index (χ0) is 15.1. The highest BCUT2D eigenvalue weighted by Gasteiger charge is 2.11. The lowest BCUT2D eigenvalue weighted by Crippen LogP contribution is -2.34. The molecule has 0 saturated heterocycles. The number of rotatable bonds is 8. The third-order valence-corrected chi connectivity index (χ3v) is 3.76. The Hall–Kier alpha value is -1.81. The Labute approximate surface area is 127 Å².